The third-order valence-electron chi connectivity index (χ3n) is 4.85. The lowest BCUT2D eigenvalue weighted by molar-refractivity contribution is -0.140. The summed E-state index contributed by atoms with van der Waals surface area (Å²) in [6, 6.07) is 15.8. The average molecular weight is 379 g/mol. The van der Waals surface area contributed by atoms with E-state index in [1.54, 1.807) is 24.3 Å². The molecule has 1 heterocycles. The number of amides is 1. The van der Waals surface area contributed by atoms with E-state index in [2.05, 4.69) is 0 Å². The first-order valence-electron chi connectivity index (χ1n) is 9.42. The molecule has 1 fully saturated rings. The maximum Gasteiger partial charge on any atom is 0.295 e. The van der Waals surface area contributed by atoms with Crippen molar-refractivity contribution in [2.45, 2.75) is 32.9 Å². The number of aryl methyl sites for hydroxylation is 1. The zero-order valence-electron chi connectivity index (χ0n) is 16.4. The normalized spacial score (nSPS) is 18.9. The largest absolute Gasteiger partial charge is 0.507 e. The van der Waals surface area contributed by atoms with Crippen molar-refractivity contribution in [3.05, 3.63) is 76.9 Å². The number of nitrogens with zero attached hydrogens (tertiary/aromatic N) is 1. The smallest absolute Gasteiger partial charge is 0.295 e. The fraction of sp³-hybridized carbons (Fsp3) is 0.304. The average Bonchev–Trinajstić information content (AvgIpc) is 2.93. The molecule has 3 rings (SSSR count). The van der Waals surface area contributed by atoms with Crippen molar-refractivity contribution in [3.8, 4) is 0 Å². The highest BCUT2D eigenvalue weighted by Gasteiger charge is 2.46. The molecule has 1 unspecified atom stereocenters. The van der Waals surface area contributed by atoms with Crippen LogP contribution >= 0.6 is 0 Å². The summed E-state index contributed by atoms with van der Waals surface area (Å²) in [7, 11) is 0. The second-order valence-corrected chi connectivity index (χ2v) is 7.13. The third kappa shape index (κ3) is 3.85. The molecule has 0 aromatic heterocycles. The Kier molecular flexibility index (Phi) is 5.95. The van der Waals surface area contributed by atoms with E-state index in [9.17, 15) is 14.7 Å². The fourth-order valence-corrected chi connectivity index (χ4v) is 3.47. The number of rotatable bonds is 6. The lowest BCUT2D eigenvalue weighted by Crippen LogP contribution is -2.33. The first-order chi connectivity index (χ1) is 13.4. The molecule has 1 aliphatic rings. The van der Waals surface area contributed by atoms with Gasteiger partial charge in [0, 0.05) is 12.1 Å². The summed E-state index contributed by atoms with van der Waals surface area (Å²) in [5.74, 6) is -1.43. The van der Waals surface area contributed by atoms with Crippen molar-refractivity contribution in [1.29, 1.82) is 0 Å². The molecule has 1 N–H and O–H groups in total. The number of ketones is 1. The van der Waals surface area contributed by atoms with E-state index >= 15 is 0 Å². The van der Waals surface area contributed by atoms with Crippen molar-refractivity contribution in [2.75, 3.05) is 13.2 Å². The molecule has 1 saturated heterocycles. The van der Waals surface area contributed by atoms with Crippen molar-refractivity contribution in [2.24, 2.45) is 0 Å². The molecule has 28 heavy (non-hydrogen) atoms. The summed E-state index contributed by atoms with van der Waals surface area (Å²) in [6.07, 6.45) is 0.0260. The third-order valence-corrected chi connectivity index (χ3v) is 4.85. The lowest BCUT2D eigenvalue weighted by Gasteiger charge is -2.26. The summed E-state index contributed by atoms with van der Waals surface area (Å²) >= 11 is 0. The Bertz CT molecular complexity index is 902. The minimum Gasteiger partial charge on any atom is -0.507 e. The first kappa shape index (κ1) is 19.8. The van der Waals surface area contributed by atoms with Gasteiger partial charge in [-0.15, -0.1) is 0 Å². The Balaban J connectivity index is 2.10. The summed E-state index contributed by atoms with van der Waals surface area (Å²) < 4.78 is 5.60. The van der Waals surface area contributed by atoms with Crippen molar-refractivity contribution < 1.29 is 19.4 Å². The van der Waals surface area contributed by atoms with Gasteiger partial charge in [-0.25, -0.2) is 0 Å². The zero-order valence-corrected chi connectivity index (χ0v) is 16.4. The Morgan fingerprint density at radius 3 is 2.36 bits per heavy atom. The Morgan fingerprint density at radius 1 is 1.07 bits per heavy atom. The van der Waals surface area contributed by atoms with E-state index in [0.717, 1.165) is 11.1 Å². The van der Waals surface area contributed by atoms with Crippen LogP contribution in [0.1, 0.15) is 36.6 Å². The molecule has 5 heteroatoms. The van der Waals surface area contributed by atoms with E-state index < -0.39 is 17.7 Å². The number of hydrogen-bond acceptors (Lipinski definition) is 4. The first-order valence-corrected chi connectivity index (χ1v) is 9.42. The molecule has 0 radical (unpaired) electrons. The molecule has 0 spiro atoms. The number of carbonyl (C=O) groups is 2. The molecule has 146 valence electrons. The molecule has 1 amide bonds. The molecule has 0 saturated carbocycles. The summed E-state index contributed by atoms with van der Waals surface area (Å²) in [6.45, 7) is 6.36. The molecule has 2 aromatic rings. The van der Waals surface area contributed by atoms with Gasteiger partial charge in [-0.3, -0.25) is 9.59 Å². The summed E-state index contributed by atoms with van der Waals surface area (Å²) in [5, 5.41) is 10.9. The van der Waals surface area contributed by atoms with Crippen molar-refractivity contribution in [1.82, 2.24) is 4.90 Å². The maximum absolute atomic E-state index is 12.9. The summed E-state index contributed by atoms with van der Waals surface area (Å²) in [5.41, 5.74) is 2.40. The molecule has 1 atom stereocenters. The lowest BCUT2D eigenvalue weighted by atomic mass is 9.92. The predicted octanol–water partition coefficient (Wildman–Crippen LogP) is 3.84. The van der Waals surface area contributed by atoms with Crippen LogP contribution in [-0.4, -0.2) is 41.0 Å². The van der Waals surface area contributed by atoms with Crippen LogP contribution in [0.2, 0.25) is 0 Å². The maximum atomic E-state index is 12.9. The standard InChI is InChI=1S/C23H25NO4/c1-15(2)28-14-13-24-20(18-12-8-7-9-16(18)3)19(22(26)23(24)27)21(25)17-10-5-4-6-11-17/h4-12,15,20,25H,13-14H2,1-3H3/b21-19-. The molecule has 1 aliphatic heterocycles. The monoisotopic (exact) mass is 379 g/mol. The van der Waals surface area contributed by atoms with Crippen molar-refractivity contribution >= 4 is 17.4 Å². The molecular formula is C23H25NO4. The van der Waals surface area contributed by atoms with Crippen LogP contribution in [-0.2, 0) is 14.3 Å². The topological polar surface area (TPSA) is 66.8 Å². The van der Waals surface area contributed by atoms with Crippen molar-refractivity contribution in [3.63, 3.8) is 0 Å². The van der Waals surface area contributed by atoms with Crippen LogP contribution in [0.15, 0.2) is 60.2 Å². The number of hydrogen-bond donors (Lipinski definition) is 1. The Hall–Kier alpha value is -2.92. The zero-order chi connectivity index (χ0) is 20.3. The second kappa shape index (κ2) is 8.40. The molecule has 0 bridgehead atoms. The van der Waals surface area contributed by atoms with Crippen LogP contribution in [0.25, 0.3) is 5.76 Å². The van der Waals surface area contributed by atoms with Gasteiger partial charge in [-0.1, -0.05) is 54.6 Å². The van der Waals surface area contributed by atoms with Gasteiger partial charge in [-0.2, -0.15) is 0 Å². The van der Waals surface area contributed by atoms with Gasteiger partial charge in [0.25, 0.3) is 11.7 Å². The second-order valence-electron chi connectivity index (χ2n) is 7.13. The van der Waals surface area contributed by atoms with Crippen LogP contribution in [0.4, 0.5) is 0 Å². The van der Waals surface area contributed by atoms with Gasteiger partial charge in [0.1, 0.15) is 5.76 Å². The minimum absolute atomic E-state index is 0.0260. The van der Waals surface area contributed by atoms with Crippen LogP contribution in [0.3, 0.4) is 0 Å². The Morgan fingerprint density at radius 2 is 1.71 bits per heavy atom. The highest BCUT2D eigenvalue weighted by atomic mass is 16.5. The quantitative estimate of drug-likeness (QED) is 0.470. The van der Waals surface area contributed by atoms with E-state index in [0.29, 0.717) is 12.2 Å². The van der Waals surface area contributed by atoms with Gasteiger partial charge < -0.3 is 14.7 Å². The van der Waals surface area contributed by atoms with Crippen LogP contribution in [0, 0.1) is 6.92 Å². The summed E-state index contributed by atoms with van der Waals surface area (Å²) in [4.78, 5) is 27.2. The number of carbonyl (C=O) groups excluding carboxylic acids is 2. The van der Waals surface area contributed by atoms with Crippen LogP contribution < -0.4 is 0 Å². The van der Waals surface area contributed by atoms with Gasteiger partial charge in [0.15, 0.2) is 0 Å². The number of Topliss-reactive ketones (excluding diaryl/α,β-unsaturated/α-hetero) is 1. The predicted molar refractivity (Wildman–Crippen MR) is 108 cm³/mol. The number of ether oxygens (including phenoxy) is 1. The minimum atomic E-state index is -0.667. The molecule has 5 nitrogen and oxygen atoms in total. The number of aliphatic hydroxyl groups is 1. The van der Waals surface area contributed by atoms with Gasteiger partial charge in [-0.05, 0) is 31.9 Å². The SMILES string of the molecule is Cc1ccccc1C1/C(=C(/O)c2ccccc2)C(=O)C(=O)N1CCOC(C)C. The van der Waals surface area contributed by atoms with Crippen LogP contribution in [0.5, 0.6) is 0 Å². The molecular weight excluding hydrogens is 354 g/mol. The Labute approximate surface area is 165 Å². The molecule has 2 aromatic carbocycles. The van der Waals surface area contributed by atoms with Gasteiger partial charge in [0.2, 0.25) is 0 Å². The number of aliphatic hydroxyl groups excluding tert-OH is 1. The van der Waals surface area contributed by atoms with Gasteiger partial charge >= 0.3 is 0 Å². The van der Waals surface area contributed by atoms with E-state index in [1.165, 1.54) is 4.90 Å². The van der Waals surface area contributed by atoms with E-state index in [-0.39, 0.29) is 24.0 Å². The van der Waals surface area contributed by atoms with E-state index in [1.807, 2.05) is 51.1 Å². The van der Waals surface area contributed by atoms with E-state index in [4.69, 9.17) is 4.74 Å². The highest BCUT2D eigenvalue weighted by molar-refractivity contribution is 6.46. The number of likely N-dealkylation sites (tertiary alicyclic amines) is 1. The highest BCUT2D eigenvalue weighted by Crippen LogP contribution is 2.40. The number of benzene rings is 2. The van der Waals surface area contributed by atoms with Gasteiger partial charge in [0.05, 0.1) is 24.3 Å². The molecule has 0 aliphatic carbocycles. The fourth-order valence-electron chi connectivity index (χ4n) is 3.47.